The summed E-state index contributed by atoms with van der Waals surface area (Å²) in [6.45, 7) is 8.51. The smallest absolute Gasteiger partial charge is 0.228 e. The molecular formula is C27H27NO. The zero-order chi connectivity index (χ0) is 20.3. The molecule has 1 N–H and O–H groups in total. The Morgan fingerprint density at radius 1 is 0.759 bits per heavy atom. The van der Waals surface area contributed by atoms with Crippen LogP contribution in [0, 0.1) is 32.6 Å². The first-order chi connectivity index (χ1) is 14.0. The second-order valence-electron chi connectivity index (χ2n) is 8.86. The minimum atomic E-state index is -0.0649. The number of benzene rings is 3. The third kappa shape index (κ3) is 2.66. The fourth-order valence-corrected chi connectivity index (χ4v) is 5.93. The highest BCUT2D eigenvalue weighted by molar-refractivity contribution is 5.96. The summed E-state index contributed by atoms with van der Waals surface area (Å²) in [4.78, 5) is 13.7. The zero-order valence-corrected chi connectivity index (χ0v) is 17.5. The topological polar surface area (TPSA) is 29.1 Å². The number of nitrogens with one attached hydrogen (secondary N) is 1. The summed E-state index contributed by atoms with van der Waals surface area (Å²) in [5.74, 6) is 0.740. The summed E-state index contributed by atoms with van der Waals surface area (Å²) in [6.07, 6.45) is 0. The minimum absolute atomic E-state index is 0.0649. The van der Waals surface area contributed by atoms with E-state index in [2.05, 4.69) is 93.7 Å². The van der Waals surface area contributed by atoms with E-state index in [1.165, 1.54) is 27.8 Å². The molecule has 0 spiro atoms. The first-order valence-electron chi connectivity index (χ1n) is 10.5. The first-order valence-corrected chi connectivity index (χ1v) is 10.5. The van der Waals surface area contributed by atoms with Gasteiger partial charge in [-0.2, -0.15) is 0 Å². The van der Waals surface area contributed by atoms with Crippen LogP contribution < -0.4 is 5.32 Å². The Balaban J connectivity index is 1.60. The van der Waals surface area contributed by atoms with Gasteiger partial charge in [-0.25, -0.2) is 0 Å². The Bertz CT molecular complexity index is 1060. The van der Waals surface area contributed by atoms with Crippen LogP contribution in [-0.2, 0) is 4.79 Å². The van der Waals surface area contributed by atoms with Crippen molar-refractivity contribution in [1.82, 2.24) is 0 Å². The molecule has 1 amide bonds. The first kappa shape index (κ1) is 18.2. The van der Waals surface area contributed by atoms with Gasteiger partial charge in [0.25, 0.3) is 0 Å². The van der Waals surface area contributed by atoms with Crippen LogP contribution in [0.15, 0.2) is 60.7 Å². The van der Waals surface area contributed by atoms with Crippen molar-refractivity contribution in [3.8, 4) is 0 Å². The molecular weight excluding hydrogens is 354 g/mol. The monoisotopic (exact) mass is 381 g/mol. The normalized spacial score (nSPS) is 24.0. The number of amides is 1. The third-order valence-electron chi connectivity index (χ3n) is 7.01. The van der Waals surface area contributed by atoms with Crippen LogP contribution >= 0.6 is 0 Å². The number of hydrogen-bond acceptors (Lipinski definition) is 1. The lowest BCUT2D eigenvalue weighted by Crippen LogP contribution is -2.44. The Morgan fingerprint density at radius 3 is 1.69 bits per heavy atom. The largest absolute Gasteiger partial charge is 0.325 e. The van der Waals surface area contributed by atoms with Crippen LogP contribution in [0.5, 0.6) is 0 Å². The van der Waals surface area contributed by atoms with Crippen molar-refractivity contribution >= 4 is 11.6 Å². The number of rotatable bonds is 2. The maximum Gasteiger partial charge on any atom is 0.228 e. The van der Waals surface area contributed by atoms with Crippen molar-refractivity contribution in [2.75, 3.05) is 5.32 Å². The summed E-state index contributed by atoms with van der Waals surface area (Å²) >= 11 is 0. The summed E-state index contributed by atoms with van der Waals surface area (Å²) in [5.41, 5.74) is 9.90. The van der Waals surface area contributed by atoms with Gasteiger partial charge in [0, 0.05) is 17.5 Å². The highest BCUT2D eigenvalue weighted by atomic mass is 16.1. The molecule has 0 aliphatic heterocycles. The van der Waals surface area contributed by atoms with Crippen molar-refractivity contribution in [1.29, 1.82) is 0 Å². The number of hydrogen-bond donors (Lipinski definition) is 1. The average Bonchev–Trinajstić information content (AvgIpc) is 2.70. The summed E-state index contributed by atoms with van der Waals surface area (Å²) < 4.78 is 0. The van der Waals surface area contributed by atoms with E-state index in [1.54, 1.807) is 0 Å². The van der Waals surface area contributed by atoms with Gasteiger partial charge in [-0.05, 0) is 60.1 Å². The molecule has 0 unspecified atom stereocenters. The molecule has 146 valence electrons. The third-order valence-corrected chi connectivity index (χ3v) is 7.01. The van der Waals surface area contributed by atoms with Gasteiger partial charge in [0.1, 0.15) is 0 Å². The molecule has 2 heteroatoms. The molecule has 3 aromatic rings. The lowest BCUT2D eigenvalue weighted by molar-refractivity contribution is -0.122. The molecule has 2 bridgehead atoms. The van der Waals surface area contributed by atoms with Gasteiger partial charge < -0.3 is 5.32 Å². The Morgan fingerprint density at radius 2 is 1.21 bits per heavy atom. The lowest BCUT2D eigenvalue weighted by atomic mass is 9.54. The van der Waals surface area contributed by atoms with E-state index in [0.29, 0.717) is 0 Å². The van der Waals surface area contributed by atoms with Crippen LogP contribution in [0.25, 0.3) is 0 Å². The van der Waals surface area contributed by atoms with Gasteiger partial charge >= 0.3 is 0 Å². The molecule has 0 fully saturated rings. The maximum absolute atomic E-state index is 13.7. The molecule has 0 radical (unpaired) electrons. The van der Waals surface area contributed by atoms with E-state index in [4.69, 9.17) is 0 Å². The van der Waals surface area contributed by atoms with Crippen LogP contribution in [0.1, 0.15) is 57.7 Å². The van der Waals surface area contributed by atoms with Gasteiger partial charge in [0.05, 0.1) is 5.92 Å². The quantitative estimate of drug-likeness (QED) is 0.571. The van der Waals surface area contributed by atoms with Crippen molar-refractivity contribution < 1.29 is 4.79 Å². The maximum atomic E-state index is 13.7. The number of carbonyl (C=O) groups is 1. The molecule has 3 aliphatic rings. The number of aryl methyl sites for hydroxylation is 3. The highest BCUT2D eigenvalue weighted by Crippen LogP contribution is 2.58. The van der Waals surface area contributed by atoms with E-state index in [0.717, 1.165) is 16.8 Å². The zero-order valence-electron chi connectivity index (χ0n) is 17.5. The van der Waals surface area contributed by atoms with Gasteiger partial charge in [0.2, 0.25) is 5.91 Å². The van der Waals surface area contributed by atoms with Crippen molar-refractivity contribution in [3.05, 3.63) is 99.6 Å². The molecule has 0 saturated carbocycles. The summed E-state index contributed by atoms with van der Waals surface area (Å²) in [5, 5.41) is 3.31. The average molecular weight is 382 g/mol. The number of carbonyl (C=O) groups excluding carboxylic acids is 1. The summed E-state index contributed by atoms with van der Waals surface area (Å²) in [6, 6.07) is 21.7. The van der Waals surface area contributed by atoms with Crippen molar-refractivity contribution in [3.63, 3.8) is 0 Å². The van der Waals surface area contributed by atoms with Crippen LogP contribution in [0.4, 0.5) is 5.69 Å². The van der Waals surface area contributed by atoms with Crippen molar-refractivity contribution in [2.24, 2.45) is 11.8 Å². The van der Waals surface area contributed by atoms with Gasteiger partial charge in [-0.1, -0.05) is 73.2 Å². The SMILES string of the molecule is Cc1cc(C)c(NC(=O)[C@@H]2C3c4ccccc4C(c4ccccc43)[C@H]2C)c(C)c1. The fourth-order valence-electron chi connectivity index (χ4n) is 5.93. The Labute approximate surface area is 173 Å². The standard InChI is InChI=1S/C27H27NO/c1-15-13-16(2)26(17(3)14-15)28-27(29)24-18(4)23-19-9-5-7-11-21(19)25(24)22-12-8-6-10-20(22)23/h5-14,18,23-25H,1-4H3,(H,28,29)/t18-,23?,24+,25?/m1/s1. The van der Waals surface area contributed by atoms with Gasteiger partial charge in [0.15, 0.2) is 0 Å². The van der Waals surface area contributed by atoms with Crippen molar-refractivity contribution in [2.45, 2.75) is 39.5 Å². The molecule has 6 rings (SSSR count). The van der Waals surface area contributed by atoms with E-state index in [-0.39, 0.29) is 29.6 Å². The van der Waals surface area contributed by atoms with Crippen LogP contribution in [0.3, 0.4) is 0 Å². The lowest BCUT2D eigenvalue weighted by Gasteiger charge is -2.49. The number of anilines is 1. The molecule has 2 atom stereocenters. The van der Waals surface area contributed by atoms with E-state index >= 15 is 0 Å². The predicted octanol–water partition coefficient (Wildman–Crippen LogP) is 6.09. The van der Waals surface area contributed by atoms with E-state index in [9.17, 15) is 4.79 Å². The minimum Gasteiger partial charge on any atom is -0.325 e. The number of fused-ring (bicyclic) bond motifs is 1. The van der Waals surface area contributed by atoms with Gasteiger partial charge in [-0.15, -0.1) is 0 Å². The molecule has 0 saturated heterocycles. The molecule has 3 aromatic carbocycles. The van der Waals surface area contributed by atoms with E-state index < -0.39 is 0 Å². The Hall–Kier alpha value is -2.87. The molecule has 2 nitrogen and oxygen atoms in total. The summed E-state index contributed by atoms with van der Waals surface area (Å²) in [7, 11) is 0. The molecule has 0 heterocycles. The highest BCUT2D eigenvalue weighted by Gasteiger charge is 2.50. The molecule has 29 heavy (non-hydrogen) atoms. The molecule has 0 aromatic heterocycles. The van der Waals surface area contributed by atoms with E-state index in [1.807, 2.05) is 0 Å². The second kappa shape index (κ2) is 6.59. The van der Waals surface area contributed by atoms with Crippen LogP contribution in [0.2, 0.25) is 0 Å². The molecule has 3 aliphatic carbocycles. The fraction of sp³-hybridized carbons (Fsp3) is 0.296. The van der Waals surface area contributed by atoms with Gasteiger partial charge in [-0.3, -0.25) is 4.79 Å². The second-order valence-corrected chi connectivity index (χ2v) is 8.86. The Kier molecular flexibility index (Phi) is 4.13. The van der Waals surface area contributed by atoms with Crippen LogP contribution in [-0.4, -0.2) is 5.91 Å². The predicted molar refractivity (Wildman–Crippen MR) is 119 cm³/mol.